The number of hydrogen-bond donors (Lipinski definition) is 1. The van der Waals surface area contributed by atoms with Crippen LogP contribution in [0.4, 0.5) is 5.82 Å². The summed E-state index contributed by atoms with van der Waals surface area (Å²) in [6, 6.07) is 3.43. The van der Waals surface area contributed by atoms with Crippen molar-refractivity contribution in [2.75, 3.05) is 31.6 Å². The van der Waals surface area contributed by atoms with Gasteiger partial charge in [-0.15, -0.1) is 0 Å². The van der Waals surface area contributed by atoms with Gasteiger partial charge in [0.1, 0.15) is 12.1 Å². The Morgan fingerprint density at radius 1 is 1.19 bits per heavy atom. The Morgan fingerprint density at radius 3 is 2.65 bits per heavy atom. The third-order valence-electron chi connectivity index (χ3n) is 5.79. The molecule has 1 aromatic rings. The molecular weight excluding hydrogens is 330 g/mol. The van der Waals surface area contributed by atoms with Gasteiger partial charge in [0, 0.05) is 50.2 Å². The summed E-state index contributed by atoms with van der Waals surface area (Å²) in [5.41, 5.74) is 0. The van der Waals surface area contributed by atoms with Crippen molar-refractivity contribution < 1.29 is 9.53 Å². The smallest absolute Gasteiger partial charge is 0.220 e. The van der Waals surface area contributed by atoms with E-state index in [-0.39, 0.29) is 5.91 Å². The minimum atomic E-state index is 0.216. The Balaban J connectivity index is 1.35. The molecule has 2 aliphatic heterocycles. The highest BCUT2D eigenvalue weighted by Crippen LogP contribution is 2.36. The van der Waals surface area contributed by atoms with Crippen LogP contribution in [0.15, 0.2) is 12.4 Å². The molecule has 3 aliphatic rings. The van der Waals surface area contributed by atoms with Crippen LogP contribution in [0, 0.1) is 0 Å². The number of nitrogens with zero attached hydrogens (tertiary/aromatic N) is 4. The molecule has 0 spiro atoms. The van der Waals surface area contributed by atoms with E-state index in [4.69, 9.17) is 4.74 Å². The second-order valence-electron chi connectivity index (χ2n) is 7.75. The van der Waals surface area contributed by atoms with Gasteiger partial charge >= 0.3 is 0 Å². The zero-order valence-electron chi connectivity index (χ0n) is 15.6. The summed E-state index contributed by atoms with van der Waals surface area (Å²) < 4.78 is 5.28. The van der Waals surface area contributed by atoms with Crippen LogP contribution < -0.4 is 15.0 Å². The van der Waals surface area contributed by atoms with Crippen LogP contribution in [-0.2, 0) is 4.79 Å². The number of likely N-dealkylation sites (tertiary alicyclic amines) is 1. The predicted molar refractivity (Wildman–Crippen MR) is 99.3 cm³/mol. The molecule has 1 N–H and O–H groups in total. The topological polar surface area (TPSA) is 70.6 Å². The first kappa shape index (κ1) is 17.5. The van der Waals surface area contributed by atoms with Gasteiger partial charge in [-0.1, -0.05) is 0 Å². The van der Waals surface area contributed by atoms with Crippen LogP contribution in [-0.4, -0.2) is 65.6 Å². The lowest BCUT2D eigenvalue weighted by atomic mass is 9.99. The molecule has 2 saturated heterocycles. The average Bonchev–Trinajstić information content (AvgIpc) is 3.49. The first-order valence-electron chi connectivity index (χ1n) is 9.89. The third kappa shape index (κ3) is 4.09. The highest BCUT2D eigenvalue weighted by Gasteiger charge is 2.37. The average molecular weight is 359 g/mol. The van der Waals surface area contributed by atoms with Crippen molar-refractivity contribution in [2.24, 2.45) is 0 Å². The Hall–Kier alpha value is -1.89. The molecule has 1 unspecified atom stereocenters. The Kier molecular flexibility index (Phi) is 5.24. The quantitative estimate of drug-likeness (QED) is 0.832. The van der Waals surface area contributed by atoms with E-state index in [0.29, 0.717) is 30.4 Å². The predicted octanol–water partition coefficient (Wildman–Crippen LogP) is 1.59. The Morgan fingerprint density at radius 2 is 1.96 bits per heavy atom. The van der Waals surface area contributed by atoms with Crippen LogP contribution in [0.25, 0.3) is 0 Å². The molecule has 7 heteroatoms. The van der Waals surface area contributed by atoms with Crippen LogP contribution in [0.2, 0.25) is 0 Å². The van der Waals surface area contributed by atoms with E-state index in [0.717, 1.165) is 51.1 Å². The highest BCUT2D eigenvalue weighted by atomic mass is 16.5. The van der Waals surface area contributed by atoms with Gasteiger partial charge in [0.15, 0.2) is 0 Å². The normalized spacial score (nSPS) is 25.0. The van der Waals surface area contributed by atoms with Crippen molar-refractivity contribution in [2.45, 2.75) is 63.1 Å². The fraction of sp³-hybridized carbons (Fsp3) is 0.737. The number of carbonyl (C=O) groups excluding carboxylic acids is 1. The van der Waals surface area contributed by atoms with Gasteiger partial charge in [0.25, 0.3) is 0 Å². The van der Waals surface area contributed by atoms with E-state index in [1.807, 2.05) is 6.07 Å². The number of hydrogen-bond acceptors (Lipinski definition) is 6. The maximum atomic E-state index is 11.6. The van der Waals surface area contributed by atoms with Gasteiger partial charge in [0.2, 0.25) is 11.8 Å². The minimum Gasteiger partial charge on any atom is -0.481 e. The standard InChI is InChI=1S/C19H29N5O2/c1-26-19-11-17(20-13-21-19)24(15-5-6-15)16-7-9-23(10-8-16)12-14-3-2-4-18(25)22-14/h11,13-16H,2-10,12H2,1H3,(H,22,25). The summed E-state index contributed by atoms with van der Waals surface area (Å²) in [5, 5.41) is 3.14. The molecule has 3 heterocycles. The fourth-order valence-corrected chi connectivity index (χ4v) is 4.32. The first-order chi connectivity index (χ1) is 12.7. The second kappa shape index (κ2) is 7.78. The molecule has 1 aliphatic carbocycles. The Labute approximate surface area is 155 Å². The molecule has 1 amide bonds. The van der Waals surface area contributed by atoms with Crippen LogP contribution in [0.1, 0.15) is 44.9 Å². The van der Waals surface area contributed by atoms with E-state index in [1.165, 1.54) is 12.8 Å². The molecule has 7 nitrogen and oxygen atoms in total. The van der Waals surface area contributed by atoms with E-state index in [9.17, 15) is 4.79 Å². The first-order valence-corrected chi connectivity index (χ1v) is 9.89. The molecule has 26 heavy (non-hydrogen) atoms. The van der Waals surface area contributed by atoms with Gasteiger partial charge in [-0.2, -0.15) is 0 Å². The van der Waals surface area contributed by atoms with Crippen molar-refractivity contribution in [3.05, 3.63) is 12.4 Å². The lowest BCUT2D eigenvalue weighted by Crippen LogP contribution is -2.51. The van der Waals surface area contributed by atoms with Crippen LogP contribution in [0.3, 0.4) is 0 Å². The fourth-order valence-electron chi connectivity index (χ4n) is 4.32. The van der Waals surface area contributed by atoms with E-state index in [2.05, 4.69) is 25.1 Å². The maximum Gasteiger partial charge on any atom is 0.220 e. The van der Waals surface area contributed by atoms with E-state index in [1.54, 1.807) is 13.4 Å². The number of anilines is 1. The zero-order valence-corrected chi connectivity index (χ0v) is 15.6. The summed E-state index contributed by atoms with van der Waals surface area (Å²) in [5.74, 6) is 1.84. The molecule has 0 bridgehead atoms. The second-order valence-corrected chi connectivity index (χ2v) is 7.75. The van der Waals surface area contributed by atoms with Crippen molar-refractivity contribution >= 4 is 11.7 Å². The summed E-state index contributed by atoms with van der Waals surface area (Å²) in [7, 11) is 1.65. The lowest BCUT2D eigenvalue weighted by Gasteiger charge is -2.40. The summed E-state index contributed by atoms with van der Waals surface area (Å²) in [4.78, 5) is 25.3. The van der Waals surface area contributed by atoms with E-state index < -0.39 is 0 Å². The highest BCUT2D eigenvalue weighted by molar-refractivity contribution is 5.76. The molecule has 4 rings (SSSR count). The SMILES string of the molecule is COc1cc(N(C2CC2)C2CCN(CC3CCCC(=O)N3)CC2)ncn1. The van der Waals surface area contributed by atoms with Gasteiger partial charge in [0.05, 0.1) is 7.11 Å². The monoisotopic (exact) mass is 359 g/mol. The van der Waals surface area contributed by atoms with Crippen LogP contribution >= 0.6 is 0 Å². The number of piperidine rings is 2. The third-order valence-corrected chi connectivity index (χ3v) is 5.79. The minimum absolute atomic E-state index is 0.216. The van der Waals surface area contributed by atoms with Gasteiger partial charge < -0.3 is 19.9 Å². The summed E-state index contributed by atoms with van der Waals surface area (Å²) in [6.07, 6.45) is 9.22. The number of rotatable bonds is 6. The number of carbonyl (C=O) groups is 1. The number of nitrogens with one attached hydrogen (secondary N) is 1. The van der Waals surface area contributed by atoms with Crippen LogP contribution in [0.5, 0.6) is 5.88 Å². The number of methoxy groups -OCH3 is 1. The molecule has 0 radical (unpaired) electrons. The molecule has 3 fully saturated rings. The van der Waals surface area contributed by atoms with Gasteiger partial charge in [-0.3, -0.25) is 4.79 Å². The summed E-state index contributed by atoms with van der Waals surface area (Å²) >= 11 is 0. The summed E-state index contributed by atoms with van der Waals surface area (Å²) in [6.45, 7) is 3.16. The largest absolute Gasteiger partial charge is 0.481 e. The zero-order chi connectivity index (χ0) is 17.9. The number of aromatic nitrogens is 2. The molecular formula is C19H29N5O2. The van der Waals surface area contributed by atoms with Gasteiger partial charge in [-0.05, 0) is 38.5 Å². The van der Waals surface area contributed by atoms with Crippen molar-refractivity contribution in [1.29, 1.82) is 0 Å². The molecule has 1 aromatic heterocycles. The van der Waals surface area contributed by atoms with Crippen molar-refractivity contribution in [3.63, 3.8) is 0 Å². The maximum absolute atomic E-state index is 11.6. The Bertz CT molecular complexity index is 628. The van der Waals surface area contributed by atoms with Crippen molar-refractivity contribution in [1.82, 2.24) is 20.2 Å². The molecule has 1 saturated carbocycles. The number of amides is 1. The molecule has 1 atom stereocenters. The van der Waals surface area contributed by atoms with Gasteiger partial charge in [-0.25, -0.2) is 9.97 Å². The molecule has 142 valence electrons. The number of ether oxygens (including phenoxy) is 1. The lowest BCUT2D eigenvalue weighted by molar-refractivity contribution is -0.123. The van der Waals surface area contributed by atoms with E-state index >= 15 is 0 Å². The van der Waals surface area contributed by atoms with Crippen molar-refractivity contribution in [3.8, 4) is 5.88 Å². The molecule has 0 aromatic carbocycles.